The van der Waals surface area contributed by atoms with E-state index in [-0.39, 0.29) is 11.7 Å². The van der Waals surface area contributed by atoms with Gasteiger partial charge < -0.3 is 14.8 Å². The van der Waals surface area contributed by atoms with Crippen molar-refractivity contribution in [3.8, 4) is 0 Å². The highest BCUT2D eigenvalue weighted by molar-refractivity contribution is 9.10. The van der Waals surface area contributed by atoms with Crippen LogP contribution in [0, 0.1) is 11.8 Å². The van der Waals surface area contributed by atoms with Gasteiger partial charge in [-0.15, -0.1) is 0 Å². The molecule has 160 valence electrons. The van der Waals surface area contributed by atoms with Crippen molar-refractivity contribution in [1.29, 1.82) is 0 Å². The number of dihydropyridines is 1. The molecule has 30 heavy (non-hydrogen) atoms. The van der Waals surface area contributed by atoms with Gasteiger partial charge in [0.25, 0.3) is 0 Å². The van der Waals surface area contributed by atoms with E-state index in [1.54, 1.807) is 0 Å². The number of benzene rings is 1. The first-order valence-electron chi connectivity index (χ1n) is 10.1. The van der Waals surface area contributed by atoms with E-state index in [4.69, 9.17) is 9.47 Å². The Balaban J connectivity index is 2.18. The number of ether oxygens (including phenoxy) is 2. The van der Waals surface area contributed by atoms with Gasteiger partial charge in [-0.05, 0) is 37.3 Å². The number of halogens is 1. The zero-order chi connectivity index (χ0) is 22.0. The molecular formula is C23H26BrNO5. The van der Waals surface area contributed by atoms with E-state index in [1.807, 2.05) is 45.0 Å². The van der Waals surface area contributed by atoms with Crippen molar-refractivity contribution in [3.05, 3.63) is 56.8 Å². The molecule has 0 amide bonds. The quantitative estimate of drug-likeness (QED) is 0.511. The van der Waals surface area contributed by atoms with E-state index in [0.717, 1.165) is 15.7 Å². The zero-order valence-electron chi connectivity index (χ0n) is 17.6. The number of allylic oxidation sites excluding steroid dienone is 3. The second kappa shape index (κ2) is 9.16. The smallest absolute Gasteiger partial charge is 0.336 e. The van der Waals surface area contributed by atoms with Gasteiger partial charge in [0.2, 0.25) is 0 Å². The standard InChI is InChI=1S/C23H26BrNO5/c1-5-10-30-23(28)18-13(3)25-16-11-12(2)17(22(27)29-4)21(26)20(16)19(18)14-8-6-7-9-15(14)24/h6-9,12,17,19,25H,5,10-11H2,1-4H3/t12-,17-,19+/m1/s1. The van der Waals surface area contributed by atoms with Gasteiger partial charge in [0.05, 0.1) is 19.3 Å². The first-order valence-corrected chi connectivity index (χ1v) is 10.8. The van der Waals surface area contributed by atoms with Crippen LogP contribution in [0.15, 0.2) is 51.3 Å². The first-order chi connectivity index (χ1) is 14.3. The second-order valence-electron chi connectivity index (χ2n) is 7.69. The molecule has 3 rings (SSSR count). The maximum Gasteiger partial charge on any atom is 0.336 e. The topological polar surface area (TPSA) is 81.7 Å². The molecule has 0 fully saturated rings. The van der Waals surface area contributed by atoms with Crippen molar-refractivity contribution >= 4 is 33.7 Å². The lowest BCUT2D eigenvalue weighted by molar-refractivity contribution is -0.151. The molecule has 1 aromatic rings. The molecule has 1 aliphatic carbocycles. The van der Waals surface area contributed by atoms with Crippen LogP contribution in [0.5, 0.6) is 0 Å². The van der Waals surface area contributed by atoms with E-state index >= 15 is 0 Å². The maximum atomic E-state index is 13.6. The van der Waals surface area contributed by atoms with Crippen LogP contribution >= 0.6 is 15.9 Å². The fraction of sp³-hybridized carbons (Fsp3) is 0.435. The minimum Gasteiger partial charge on any atom is -0.468 e. The molecule has 1 aromatic carbocycles. The van der Waals surface area contributed by atoms with Gasteiger partial charge in [-0.3, -0.25) is 9.59 Å². The molecule has 0 unspecified atom stereocenters. The molecule has 0 aromatic heterocycles. The van der Waals surface area contributed by atoms with Crippen LogP contribution in [0.25, 0.3) is 0 Å². The second-order valence-corrected chi connectivity index (χ2v) is 8.55. The summed E-state index contributed by atoms with van der Waals surface area (Å²) >= 11 is 3.57. The normalized spacial score (nSPS) is 23.6. The number of carbonyl (C=O) groups is 3. The highest BCUT2D eigenvalue weighted by Gasteiger charge is 2.47. The Hall–Kier alpha value is -2.41. The van der Waals surface area contributed by atoms with E-state index < -0.39 is 23.8 Å². The van der Waals surface area contributed by atoms with Crippen LogP contribution in [-0.4, -0.2) is 31.4 Å². The molecule has 7 heteroatoms. The summed E-state index contributed by atoms with van der Waals surface area (Å²) in [6.45, 7) is 5.90. The van der Waals surface area contributed by atoms with Crippen LogP contribution in [0.3, 0.4) is 0 Å². The van der Waals surface area contributed by atoms with Crippen LogP contribution in [0.1, 0.15) is 45.1 Å². The Kier molecular flexibility index (Phi) is 6.81. The molecule has 2 aliphatic rings. The van der Waals surface area contributed by atoms with Gasteiger partial charge in [0, 0.05) is 27.4 Å². The molecule has 1 N–H and O–H groups in total. The van der Waals surface area contributed by atoms with Crippen LogP contribution in [-0.2, 0) is 23.9 Å². The molecule has 1 heterocycles. The largest absolute Gasteiger partial charge is 0.468 e. The lowest BCUT2D eigenvalue weighted by atomic mass is 9.69. The van der Waals surface area contributed by atoms with E-state index in [0.29, 0.717) is 36.3 Å². The van der Waals surface area contributed by atoms with Crippen molar-refractivity contribution in [2.75, 3.05) is 13.7 Å². The van der Waals surface area contributed by atoms with Gasteiger partial charge in [0.1, 0.15) is 5.92 Å². The van der Waals surface area contributed by atoms with Crippen LogP contribution in [0.2, 0.25) is 0 Å². The first kappa shape index (κ1) is 22.3. The summed E-state index contributed by atoms with van der Waals surface area (Å²) in [5.74, 6) is -3.06. The number of Topliss-reactive ketones (excluding diaryl/α,β-unsaturated/α-hetero) is 1. The summed E-state index contributed by atoms with van der Waals surface area (Å²) in [6.07, 6.45) is 1.20. The van der Waals surface area contributed by atoms with E-state index in [9.17, 15) is 14.4 Å². The van der Waals surface area contributed by atoms with Crippen LogP contribution in [0.4, 0.5) is 0 Å². The van der Waals surface area contributed by atoms with Gasteiger partial charge in [0.15, 0.2) is 5.78 Å². The molecule has 0 spiro atoms. The Morgan fingerprint density at radius 2 is 1.97 bits per heavy atom. The zero-order valence-corrected chi connectivity index (χ0v) is 19.2. The summed E-state index contributed by atoms with van der Waals surface area (Å²) in [6, 6.07) is 7.48. The summed E-state index contributed by atoms with van der Waals surface area (Å²) in [7, 11) is 1.29. The Bertz CT molecular complexity index is 949. The van der Waals surface area contributed by atoms with Crippen molar-refractivity contribution in [2.24, 2.45) is 11.8 Å². The molecular weight excluding hydrogens is 450 g/mol. The predicted molar refractivity (Wildman–Crippen MR) is 115 cm³/mol. The average Bonchev–Trinajstić information content (AvgIpc) is 2.71. The van der Waals surface area contributed by atoms with Crippen molar-refractivity contribution < 1.29 is 23.9 Å². The number of ketones is 1. The lowest BCUT2D eigenvalue weighted by Crippen LogP contribution is -2.43. The number of hydrogen-bond acceptors (Lipinski definition) is 6. The molecule has 3 atom stereocenters. The fourth-order valence-electron chi connectivity index (χ4n) is 4.24. The predicted octanol–water partition coefficient (Wildman–Crippen LogP) is 4.02. The molecule has 0 saturated carbocycles. The number of carbonyl (C=O) groups excluding carboxylic acids is 3. The molecule has 1 aliphatic heterocycles. The number of rotatable bonds is 5. The van der Waals surface area contributed by atoms with Gasteiger partial charge >= 0.3 is 11.9 Å². The summed E-state index contributed by atoms with van der Waals surface area (Å²) in [5.41, 5.74) is 3.01. The summed E-state index contributed by atoms with van der Waals surface area (Å²) in [5, 5.41) is 3.25. The monoisotopic (exact) mass is 475 g/mol. The molecule has 0 bridgehead atoms. The number of nitrogens with one attached hydrogen (secondary N) is 1. The van der Waals surface area contributed by atoms with Gasteiger partial charge in [-0.1, -0.05) is 48.0 Å². The molecule has 6 nitrogen and oxygen atoms in total. The molecule has 0 saturated heterocycles. The Morgan fingerprint density at radius 1 is 1.27 bits per heavy atom. The number of esters is 2. The third-order valence-corrected chi connectivity index (χ3v) is 6.34. The van der Waals surface area contributed by atoms with Crippen molar-refractivity contribution in [3.63, 3.8) is 0 Å². The lowest BCUT2D eigenvalue weighted by Gasteiger charge is -2.38. The van der Waals surface area contributed by atoms with E-state index in [1.165, 1.54) is 7.11 Å². The minimum absolute atomic E-state index is 0.211. The van der Waals surface area contributed by atoms with Gasteiger partial charge in [-0.25, -0.2) is 4.79 Å². The Morgan fingerprint density at radius 3 is 2.60 bits per heavy atom. The van der Waals surface area contributed by atoms with E-state index in [2.05, 4.69) is 21.2 Å². The fourth-order valence-corrected chi connectivity index (χ4v) is 4.76. The minimum atomic E-state index is -0.896. The highest BCUT2D eigenvalue weighted by atomic mass is 79.9. The SMILES string of the molecule is CCCOC(=O)C1=C(C)NC2=C(C(=O)[C@H](C(=O)OC)[C@H](C)C2)[C@H]1c1ccccc1Br. The third-order valence-electron chi connectivity index (χ3n) is 5.62. The summed E-state index contributed by atoms with van der Waals surface area (Å²) < 4.78 is 11.1. The number of methoxy groups -OCH3 is 1. The average molecular weight is 476 g/mol. The number of hydrogen-bond donors (Lipinski definition) is 1. The van der Waals surface area contributed by atoms with Crippen molar-refractivity contribution in [1.82, 2.24) is 5.32 Å². The van der Waals surface area contributed by atoms with Crippen LogP contribution < -0.4 is 5.32 Å². The van der Waals surface area contributed by atoms with Gasteiger partial charge in [-0.2, -0.15) is 0 Å². The highest BCUT2D eigenvalue weighted by Crippen LogP contribution is 2.46. The Labute approximate surface area is 184 Å². The van der Waals surface area contributed by atoms with Crippen molar-refractivity contribution in [2.45, 2.75) is 39.5 Å². The third kappa shape index (κ3) is 3.95. The molecule has 0 radical (unpaired) electrons. The maximum absolute atomic E-state index is 13.6. The summed E-state index contributed by atoms with van der Waals surface area (Å²) in [4.78, 5) is 39.0.